The number of hydrogen-bond donors (Lipinski definition) is 1. The molecule has 0 aromatic carbocycles. The Balaban J connectivity index is 2.52. The third kappa shape index (κ3) is 4.15. The molecule has 0 aliphatic rings. The van der Waals surface area contributed by atoms with Gasteiger partial charge in [-0.25, -0.2) is 0 Å². The van der Waals surface area contributed by atoms with E-state index >= 15 is 0 Å². The summed E-state index contributed by atoms with van der Waals surface area (Å²) in [6.07, 6.45) is 2.21. The summed E-state index contributed by atoms with van der Waals surface area (Å²) in [5, 5.41) is 8.66. The van der Waals surface area contributed by atoms with Crippen molar-refractivity contribution in [1.82, 2.24) is 15.1 Å². The molecule has 0 fully saturated rings. The van der Waals surface area contributed by atoms with Crippen molar-refractivity contribution in [2.45, 2.75) is 46.7 Å². The van der Waals surface area contributed by atoms with Crippen LogP contribution in [0.2, 0.25) is 5.02 Å². The summed E-state index contributed by atoms with van der Waals surface area (Å²) in [6, 6.07) is 0. The molecule has 1 N–H and O–H groups in total. The van der Waals surface area contributed by atoms with E-state index in [2.05, 4.69) is 24.3 Å². The first-order valence-corrected chi connectivity index (χ1v) is 7.53. The standard InChI is InChI=1S/C13H23Cl2N3/c1-4-11(6-7-14)8-16-9-12-13(15)10(3)17-18(12)5-2/h11,16H,4-9H2,1-3H3. The molecule has 0 aliphatic heterocycles. The SMILES string of the molecule is CCC(CCCl)CNCc1c(Cl)c(C)nn1CC. The van der Waals surface area contributed by atoms with Crippen LogP contribution in [0.5, 0.6) is 0 Å². The molecule has 1 heterocycles. The highest BCUT2D eigenvalue weighted by Gasteiger charge is 2.12. The minimum atomic E-state index is 0.639. The number of rotatable bonds is 8. The lowest BCUT2D eigenvalue weighted by atomic mass is 10.0. The molecule has 1 rings (SSSR count). The van der Waals surface area contributed by atoms with Crippen LogP contribution >= 0.6 is 23.2 Å². The number of aryl methyl sites for hydroxylation is 2. The van der Waals surface area contributed by atoms with Gasteiger partial charge in [-0.1, -0.05) is 24.9 Å². The summed E-state index contributed by atoms with van der Waals surface area (Å²) in [4.78, 5) is 0. The maximum atomic E-state index is 6.26. The van der Waals surface area contributed by atoms with Crippen molar-refractivity contribution in [3.8, 4) is 0 Å². The summed E-state index contributed by atoms with van der Waals surface area (Å²) in [5.41, 5.74) is 1.99. The van der Waals surface area contributed by atoms with Gasteiger partial charge in [-0.05, 0) is 32.7 Å². The first-order valence-electron chi connectivity index (χ1n) is 6.62. The minimum Gasteiger partial charge on any atom is -0.311 e. The molecule has 0 saturated carbocycles. The van der Waals surface area contributed by atoms with Crippen LogP contribution in [-0.4, -0.2) is 22.2 Å². The fourth-order valence-electron chi connectivity index (χ4n) is 2.04. The van der Waals surface area contributed by atoms with Crippen molar-refractivity contribution in [2.75, 3.05) is 12.4 Å². The quantitative estimate of drug-likeness (QED) is 0.742. The molecule has 104 valence electrons. The van der Waals surface area contributed by atoms with Gasteiger partial charge in [0.2, 0.25) is 0 Å². The predicted octanol–water partition coefficient (Wildman–Crippen LogP) is 3.61. The first-order chi connectivity index (χ1) is 8.63. The number of halogens is 2. The Morgan fingerprint density at radius 3 is 2.67 bits per heavy atom. The van der Waals surface area contributed by atoms with Crippen molar-refractivity contribution in [2.24, 2.45) is 5.92 Å². The van der Waals surface area contributed by atoms with E-state index in [1.807, 2.05) is 11.6 Å². The third-order valence-electron chi connectivity index (χ3n) is 3.27. The molecule has 1 atom stereocenters. The van der Waals surface area contributed by atoms with Gasteiger partial charge in [-0.3, -0.25) is 4.68 Å². The van der Waals surface area contributed by atoms with Gasteiger partial charge in [0, 0.05) is 19.0 Å². The fourth-order valence-corrected chi connectivity index (χ4v) is 2.55. The van der Waals surface area contributed by atoms with E-state index < -0.39 is 0 Å². The maximum absolute atomic E-state index is 6.26. The Morgan fingerprint density at radius 1 is 1.39 bits per heavy atom. The molecule has 0 bridgehead atoms. The van der Waals surface area contributed by atoms with Gasteiger partial charge in [0.1, 0.15) is 0 Å². The lowest BCUT2D eigenvalue weighted by Gasteiger charge is -2.14. The van der Waals surface area contributed by atoms with Crippen LogP contribution in [0.4, 0.5) is 0 Å². The van der Waals surface area contributed by atoms with Crippen LogP contribution in [0.1, 0.15) is 38.1 Å². The van der Waals surface area contributed by atoms with Crippen LogP contribution in [-0.2, 0) is 13.1 Å². The Morgan fingerprint density at radius 2 is 2.11 bits per heavy atom. The number of hydrogen-bond acceptors (Lipinski definition) is 2. The second-order valence-electron chi connectivity index (χ2n) is 4.54. The zero-order valence-corrected chi connectivity index (χ0v) is 13.0. The van der Waals surface area contributed by atoms with Gasteiger partial charge in [-0.15, -0.1) is 11.6 Å². The largest absolute Gasteiger partial charge is 0.311 e. The highest BCUT2D eigenvalue weighted by Crippen LogP contribution is 2.20. The van der Waals surface area contributed by atoms with E-state index in [4.69, 9.17) is 23.2 Å². The zero-order valence-electron chi connectivity index (χ0n) is 11.5. The highest BCUT2D eigenvalue weighted by molar-refractivity contribution is 6.31. The second kappa shape index (κ2) is 8.03. The second-order valence-corrected chi connectivity index (χ2v) is 5.30. The van der Waals surface area contributed by atoms with Gasteiger partial charge in [0.25, 0.3) is 0 Å². The van der Waals surface area contributed by atoms with E-state index in [0.717, 1.165) is 54.8 Å². The molecular weight excluding hydrogens is 269 g/mol. The maximum Gasteiger partial charge on any atom is 0.0860 e. The van der Waals surface area contributed by atoms with Crippen molar-refractivity contribution >= 4 is 23.2 Å². The van der Waals surface area contributed by atoms with E-state index in [1.54, 1.807) is 0 Å². The summed E-state index contributed by atoms with van der Waals surface area (Å²) >= 11 is 12.0. The molecule has 1 aromatic heterocycles. The fraction of sp³-hybridized carbons (Fsp3) is 0.769. The summed E-state index contributed by atoms with van der Waals surface area (Å²) in [7, 11) is 0. The van der Waals surface area contributed by atoms with Crippen LogP contribution < -0.4 is 5.32 Å². The van der Waals surface area contributed by atoms with Gasteiger partial charge in [0.05, 0.1) is 16.4 Å². The smallest absolute Gasteiger partial charge is 0.0860 e. The number of alkyl halides is 1. The van der Waals surface area contributed by atoms with Crippen molar-refractivity contribution in [3.05, 3.63) is 16.4 Å². The molecule has 0 radical (unpaired) electrons. The summed E-state index contributed by atoms with van der Waals surface area (Å²) < 4.78 is 1.97. The molecule has 0 spiro atoms. The normalized spacial score (nSPS) is 12.9. The Bertz CT molecular complexity index is 363. The summed E-state index contributed by atoms with van der Waals surface area (Å²) in [5.74, 6) is 1.37. The highest BCUT2D eigenvalue weighted by atomic mass is 35.5. The van der Waals surface area contributed by atoms with Crippen LogP contribution in [0.25, 0.3) is 0 Å². The van der Waals surface area contributed by atoms with Crippen molar-refractivity contribution in [3.63, 3.8) is 0 Å². The van der Waals surface area contributed by atoms with Gasteiger partial charge in [0.15, 0.2) is 0 Å². The lowest BCUT2D eigenvalue weighted by Crippen LogP contribution is -2.24. The third-order valence-corrected chi connectivity index (χ3v) is 3.98. The predicted molar refractivity (Wildman–Crippen MR) is 78.5 cm³/mol. The Labute approximate surface area is 120 Å². The summed E-state index contributed by atoms with van der Waals surface area (Å²) in [6.45, 7) is 8.82. The van der Waals surface area contributed by atoms with E-state index in [1.165, 1.54) is 0 Å². The first kappa shape index (κ1) is 15.8. The number of nitrogens with zero attached hydrogens (tertiary/aromatic N) is 2. The van der Waals surface area contributed by atoms with Gasteiger partial charge >= 0.3 is 0 Å². The lowest BCUT2D eigenvalue weighted by molar-refractivity contribution is 0.444. The van der Waals surface area contributed by atoms with E-state index in [0.29, 0.717) is 5.92 Å². The van der Waals surface area contributed by atoms with E-state index in [-0.39, 0.29) is 0 Å². The Hall–Kier alpha value is -0.250. The topological polar surface area (TPSA) is 29.9 Å². The zero-order chi connectivity index (χ0) is 13.5. The van der Waals surface area contributed by atoms with Crippen molar-refractivity contribution < 1.29 is 0 Å². The molecule has 18 heavy (non-hydrogen) atoms. The molecule has 0 amide bonds. The average Bonchev–Trinajstić information content (AvgIpc) is 2.65. The monoisotopic (exact) mass is 291 g/mol. The van der Waals surface area contributed by atoms with Gasteiger partial charge in [-0.2, -0.15) is 5.10 Å². The molecule has 0 aliphatic carbocycles. The molecule has 0 saturated heterocycles. The van der Waals surface area contributed by atoms with Crippen LogP contribution in [0.3, 0.4) is 0 Å². The minimum absolute atomic E-state index is 0.639. The molecule has 1 aromatic rings. The Kier molecular flexibility index (Phi) is 7.05. The van der Waals surface area contributed by atoms with Crippen molar-refractivity contribution in [1.29, 1.82) is 0 Å². The van der Waals surface area contributed by atoms with E-state index in [9.17, 15) is 0 Å². The molecule has 5 heteroatoms. The molecule has 1 unspecified atom stereocenters. The molecule has 3 nitrogen and oxygen atoms in total. The average molecular weight is 292 g/mol. The van der Waals surface area contributed by atoms with Gasteiger partial charge < -0.3 is 5.32 Å². The molecular formula is C13H23Cl2N3. The van der Waals surface area contributed by atoms with Crippen LogP contribution in [0.15, 0.2) is 0 Å². The van der Waals surface area contributed by atoms with Crippen LogP contribution in [0, 0.1) is 12.8 Å². The number of aromatic nitrogens is 2. The number of nitrogens with one attached hydrogen (secondary N) is 1.